The Morgan fingerprint density at radius 3 is 2.39 bits per heavy atom. The molecule has 1 heterocycles. The zero-order chi connectivity index (χ0) is 13.2. The van der Waals surface area contributed by atoms with Crippen molar-refractivity contribution in [3.05, 3.63) is 29.8 Å². The Morgan fingerprint density at radius 2 is 1.89 bits per heavy atom. The molecule has 1 aromatic rings. The van der Waals surface area contributed by atoms with Gasteiger partial charge in [-0.3, -0.25) is 4.90 Å². The topological polar surface area (TPSA) is 29.3 Å². The van der Waals surface area contributed by atoms with Gasteiger partial charge in [0.1, 0.15) is 0 Å². The first-order valence-corrected chi connectivity index (χ1v) is 10.5. The van der Waals surface area contributed by atoms with E-state index in [2.05, 4.69) is 48.8 Å². The molecule has 3 heteroatoms. The molecule has 0 amide bonds. The van der Waals surface area contributed by atoms with Gasteiger partial charge in [-0.25, -0.2) is 0 Å². The number of hydrogen-bond donors (Lipinski definition) is 1. The van der Waals surface area contributed by atoms with Crippen molar-refractivity contribution in [1.29, 1.82) is 0 Å². The van der Waals surface area contributed by atoms with E-state index in [1.54, 1.807) is 5.19 Å². The van der Waals surface area contributed by atoms with E-state index in [9.17, 15) is 0 Å². The Hall–Kier alpha value is -0.643. The molecule has 1 atom stereocenters. The number of hydrogen-bond acceptors (Lipinski definition) is 2. The van der Waals surface area contributed by atoms with Gasteiger partial charge in [-0.1, -0.05) is 49.1 Å². The lowest BCUT2D eigenvalue weighted by atomic mass is 10.1. The highest BCUT2D eigenvalue weighted by molar-refractivity contribution is 6.88. The van der Waals surface area contributed by atoms with Gasteiger partial charge in [0.25, 0.3) is 0 Å². The average Bonchev–Trinajstić information content (AvgIpc) is 2.76. The molecule has 0 bridgehead atoms. The predicted molar refractivity (Wildman–Crippen MR) is 81.9 cm³/mol. The van der Waals surface area contributed by atoms with E-state index < -0.39 is 8.07 Å². The van der Waals surface area contributed by atoms with Gasteiger partial charge in [0.05, 0.1) is 8.07 Å². The molecular formula is C15H26N2Si. The van der Waals surface area contributed by atoms with Gasteiger partial charge in [-0.15, -0.1) is 0 Å². The Labute approximate surface area is 112 Å². The molecule has 1 aliphatic rings. The molecule has 18 heavy (non-hydrogen) atoms. The molecule has 2 N–H and O–H groups in total. The minimum atomic E-state index is -1.15. The van der Waals surface area contributed by atoms with E-state index in [0.29, 0.717) is 5.92 Å². The van der Waals surface area contributed by atoms with Gasteiger partial charge in [-0.05, 0) is 31.0 Å². The summed E-state index contributed by atoms with van der Waals surface area (Å²) in [6, 6.07) is 9.28. The third-order valence-corrected chi connectivity index (χ3v) is 5.99. The largest absolute Gasteiger partial charge is 0.330 e. The molecule has 0 aliphatic carbocycles. The molecule has 0 spiro atoms. The molecule has 1 aliphatic heterocycles. The quantitative estimate of drug-likeness (QED) is 0.841. The van der Waals surface area contributed by atoms with Crippen LogP contribution >= 0.6 is 0 Å². The lowest BCUT2D eigenvalue weighted by Gasteiger charge is -2.19. The Kier molecular flexibility index (Phi) is 4.25. The lowest BCUT2D eigenvalue weighted by molar-refractivity contribution is 0.318. The van der Waals surface area contributed by atoms with E-state index in [4.69, 9.17) is 5.73 Å². The fourth-order valence-corrected chi connectivity index (χ4v) is 3.78. The highest BCUT2D eigenvalue weighted by Crippen LogP contribution is 2.17. The molecule has 2 nitrogen and oxygen atoms in total. The van der Waals surface area contributed by atoms with Crippen LogP contribution in [0, 0.1) is 5.92 Å². The lowest BCUT2D eigenvalue weighted by Crippen LogP contribution is -2.37. The summed E-state index contributed by atoms with van der Waals surface area (Å²) in [6.45, 7) is 11.5. The molecular weight excluding hydrogens is 236 g/mol. The number of benzene rings is 1. The fourth-order valence-electron chi connectivity index (χ4n) is 2.62. The van der Waals surface area contributed by atoms with Crippen molar-refractivity contribution in [1.82, 2.24) is 4.90 Å². The third-order valence-electron chi connectivity index (χ3n) is 3.93. The van der Waals surface area contributed by atoms with Crippen molar-refractivity contribution in [3.63, 3.8) is 0 Å². The number of likely N-dealkylation sites (tertiary alicyclic amines) is 1. The van der Waals surface area contributed by atoms with Gasteiger partial charge >= 0.3 is 0 Å². The van der Waals surface area contributed by atoms with Crippen LogP contribution in [0.2, 0.25) is 19.6 Å². The second-order valence-electron chi connectivity index (χ2n) is 6.57. The summed E-state index contributed by atoms with van der Waals surface area (Å²) in [4.78, 5) is 2.53. The fraction of sp³-hybridized carbons (Fsp3) is 0.600. The van der Waals surface area contributed by atoms with Crippen molar-refractivity contribution in [2.75, 3.05) is 19.6 Å². The first-order valence-electron chi connectivity index (χ1n) is 7.01. The summed E-state index contributed by atoms with van der Waals surface area (Å²) in [5.74, 6) is 0.714. The van der Waals surface area contributed by atoms with Crippen LogP contribution in [0.3, 0.4) is 0 Å². The molecule has 0 saturated carbocycles. The van der Waals surface area contributed by atoms with Crippen LogP contribution in [-0.2, 0) is 6.54 Å². The Balaban J connectivity index is 1.95. The van der Waals surface area contributed by atoms with Gasteiger partial charge in [0.15, 0.2) is 0 Å². The van der Waals surface area contributed by atoms with E-state index in [1.807, 2.05) is 0 Å². The van der Waals surface area contributed by atoms with Crippen molar-refractivity contribution in [2.45, 2.75) is 32.6 Å². The standard InChI is InChI=1S/C15H26N2Si/c1-18(2,3)15-6-4-13(5-7-15)11-17-9-8-14(10-16)12-17/h4-7,14H,8-12,16H2,1-3H3. The molecule has 2 rings (SSSR count). The van der Waals surface area contributed by atoms with Crippen LogP contribution in [0.5, 0.6) is 0 Å². The van der Waals surface area contributed by atoms with Gasteiger partial charge < -0.3 is 5.73 Å². The van der Waals surface area contributed by atoms with Crippen molar-refractivity contribution in [3.8, 4) is 0 Å². The summed E-state index contributed by atoms with van der Waals surface area (Å²) in [5.41, 5.74) is 7.17. The second kappa shape index (κ2) is 5.55. The summed E-state index contributed by atoms with van der Waals surface area (Å²) in [7, 11) is -1.15. The predicted octanol–water partition coefficient (Wildman–Crippen LogP) is 2.01. The average molecular weight is 262 g/mol. The number of nitrogens with two attached hydrogens (primary N) is 1. The van der Waals surface area contributed by atoms with Crippen LogP contribution in [-0.4, -0.2) is 32.6 Å². The molecule has 1 fully saturated rings. The summed E-state index contributed by atoms with van der Waals surface area (Å²) >= 11 is 0. The Morgan fingerprint density at radius 1 is 1.22 bits per heavy atom. The van der Waals surface area contributed by atoms with E-state index in [-0.39, 0.29) is 0 Å². The summed E-state index contributed by atoms with van der Waals surface area (Å²) < 4.78 is 0. The highest BCUT2D eigenvalue weighted by Gasteiger charge is 2.21. The molecule has 0 aromatic heterocycles. The maximum absolute atomic E-state index is 5.74. The van der Waals surface area contributed by atoms with Crippen LogP contribution in [0.15, 0.2) is 24.3 Å². The first-order chi connectivity index (χ1) is 8.49. The summed E-state index contributed by atoms with van der Waals surface area (Å²) in [5, 5.41) is 1.55. The maximum atomic E-state index is 5.74. The van der Waals surface area contributed by atoms with Crippen LogP contribution in [0.1, 0.15) is 12.0 Å². The van der Waals surface area contributed by atoms with Crippen LogP contribution in [0.4, 0.5) is 0 Å². The molecule has 1 unspecified atom stereocenters. The van der Waals surface area contributed by atoms with Crippen LogP contribution < -0.4 is 10.9 Å². The van der Waals surface area contributed by atoms with Crippen molar-refractivity contribution < 1.29 is 0 Å². The molecule has 1 saturated heterocycles. The smallest absolute Gasteiger partial charge is 0.0775 e. The van der Waals surface area contributed by atoms with Gasteiger partial charge in [-0.2, -0.15) is 0 Å². The normalized spacial score (nSPS) is 21.4. The van der Waals surface area contributed by atoms with E-state index in [0.717, 1.165) is 13.1 Å². The zero-order valence-electron chi connectivity index (χ0n) is 11.9. The zero-order valence-corrected chi connectivity index (χ0v) is 12.9. The van der Waals surface area contributed by atoms with Crippen LogP contribution in [0.25, 0.3) is 0 Å². The Bertz CT molecular complexity index is 380. The first kappa shape index (κ1) is 13.8. The number of rotatable bonds is 4. The molecule has 100 valence electrons. The maximum Gasteiger partial charge on any atom is 0.0775 e. The van der Waals surface area contributed by atoms with E-state index >= 15 is 0 Å². The van der Waals surface area contributed by atoms with E-state index in [1.165, 1.54) is 25.1 Å². The summed E-state index contributed by atoms with van der Waals surface area (Å²) in [6.07, 6.45) is 1.27. The SMILES string of the molecule is C[Si](C)(C)c1ccc(CN2CCC(CN)C2)cc1. The molecule has 0 radical (unpaired) electrons. The highest BCUT2D eigenvalue weighted by atomic mass is 28.3. The second-order valence-corrected chi connectivity index (χ2v) is 11.6. The van der Waals surface area contributed by atoms with Crippen molar-refractivity contribution >= 4 is 13.3 Å². The monoisotopic (exact) mass is 262 g/mol. The van der Waals surface area contributed by atoms with Gasteiger partial charge in [0, 0.05) is 13.1 Å². The van der Waals surface area contributed by atoms with Gasteiger partial charge in [0.2, 0.25) is 0 Å². The van der Waals surface area contributed by atoms with Crippen molar-refractivity contribution in [2.24, 2.45) is 11.7 Å². The number of nitrogens with zero attached hydrogens (tertiary/aromatic N) is 1. The minimum Gasteiger partial charge on any atom is -0.330 e. The minimum absolute atomic E-state index is 0.714. The third kappa shape index (κ3) is 3.43. The molecule has 1 aromatic carbocycles.